The van der Waals surface area contributed by atoms with Crippen molar-refractivity contribution in [1.29, 1.82) is 0 Å². The first-order valence-corrected chi connectivity index (χ1v) is 7.37. The minimum absolute atomic E-state index is 0.189. The summed E-state index contributed by atoms with van der Waals surface area (Å²) in [4.78, 5) is 11.8. The number of aryl methyl sites for hydroxylation is 2. The fourth-order valence-corrected chi connectivity index (χ4v) is 2.10. The van der Waals surface area contributed by atoms with Gasteiger partial charge in [0.25, 0.3) is 0 Å². The Labute approximate surface area is 138 Å². The number of hydrogen-bond acceptors (Lipinski definition) is 3. The summed E-state index contributed by atoms with van der Waals surface area (Å²) in [6.07, 6.45) is -2.78. The zero-order valence-electron chi connectivity index (χ0n) is 12.0. The number of alkyl halides is 3. The van der Waals surface area contributed by atoms with Crippen LogP contribution in [-0.4, -0.2) is 22.1 Å². The molecule has 1 amide bonds. The van der Waals surface area contributed by atoms with Crippen molar-refractivity contribution in [2.24, 2.45) is 0 Å². The van der Waals surface area contributed by atoms with Gasteiger partial charge in [-0.15, -0.1) is 13.2 Å². The summed E-state index contributed by atoms with van der Waals surface area (Å²) in [7, 11) is 0. The fraction of sp³-hybridized carbons (Fsp3) is 0.286. The van der Waals surface area contributed by atoms with Gasteiger partial charge in [-0.25, -0.2) is 0 Å². The van der Waals surface area contributed by atoms with Crippen LogP contribution in [0.3, 0.4) is 0 Å². The molecule has 0 fully saturated rings. The molecule has 1 aromatic carbocycles. The highest BCUT2D eigenvalue weighted by Crippen LogP contribution is 2.24. The number of carbonyl (C=O) groups excluding carboxylic acids is 1. The zero-order chi connectivity index (χ0) is 17.0. The highest BCUT2D eigenvalue weighted by molar-refractivity contribution is 9.10. The van der Waals surface area contributed by atoms with Gasteiger partial charge in [-0.2, -0.15) is 5.10 Å². The molecule has 0 radical (unpaired) electrons. The molecule has 0 atom stereocenters. The number of halogens is 4. The molecule has 124 valence electrons. The van der Waals surface area contributed by atoms with Gasteiger partial charge < -0.3 is 10.1 Å². The molecule has 0 aliphatic heterocycles. The lowest BCUT2D eigenvalue weighted by atomic mass is 10.3. The molecule has 2 aromatic rings. The van der Waals surface area contributed by atoms with Crippen LogP contribution in [0.25, 0.3) is 0 Å². The van der Waals surface area contributed by atoms with E-state index in [4.69, 9.17) is 0 Å². The van der Waals surface area contributed by atoms with Crippen LogP contribution in [-0.2, 0) is 11.3 Å². The maximum atomic E-state index is 12.0. The van der Waals surface area contributed by atoms with Gasteiger partial charge in [-0.05, 0) is 47.1 Å². The largest absolute Gasteiger partial charge is 0.573 e. The molecule has 5 nitrogen and oxygen atoms in total. The molecular weight excluding hydrogens is 379 g/mol. The molecule has 0 saturated carbocycles. The molecule has 0 aliphatic carbocycles. The van der Waals surface area contributed by atoms with Crippen molar-refractivity contribution in [2.45, 2.75) is 26.3 Å². The van der Waals surface area contributed by atoms with Crippen LogP contribution in [0.4, 0.5) is 18.9 Å². The predicted octanol–water partition coefficient (Wildman–Crippen LogP) is 3.88. The second kappa shape index (κ2) is 7.03. The lowest BCUT2D eigenvalue weighted by molar-refractivity contribution is -0.274. The third-order valence-electron chi connectivity index (χ3n) is 2.83. The molecule has 0 bridgehead atoms. The van der Waals surface area contributed by atoms with E-state index in [1.807, 2.05) is 6.92 Å². The van der Waals surface area contributed by atoms with Crippen LogP contribution in [0.1, 0.15) is 12.1 Å². The van der Waals surface area contributed by atoms with E-state index in [1.165, 1.54) is 12.1 Å². The Morgan fingerprint density at radius 3 is 2.52 bits per heavy atom. The van der Waals surface area contributed by atoms with Crippen molar-refractivity contribution < 1.29 is 22.7 Å². The Morgan fingerprint density at radius 2 is 2.00 bits per heavy atom. The average Bonchev–Trinajstić information content (AvgIpc) is 2.76. The summed E-state index contributed by atoms with van der Waals surface area (Å²) in [5.74, 6) is -0.605. The number of hydrogen-bond donors (Lipinski definition) is 1. The van der Waals surface area contributed by atoms with Gasteiger partial charge in [0.2, 0.25) is 5.91 Å². The molecule has 9 heteroatoms. The molecular formula is C14H13BrF3N3O2. The van der Waals surface area contributed by atoms with Gasteiger partial charge >= 0.3 is 6.36 Å². The van der Waals surface area contributed by atoms with E-state index in [2.05, 4.69) is 31.1 Å². The second-order valence-electron chi connectivity index (χ2n) is 4.70. The summed E-state index contributed by atoms with van der Waals surface area (Å²) in [5, 5.41) is 6.80. The predicted molar refractivity (Wildman–Crippen MR) is 81.0 cm³/mol. The Bertz CT molecular complexity index is 664. The maximum Gasteiger partial charge on any atom is 0.573 e. The Morgan fingerprint density at radius 1 is 1.35 bits per heavy atom. The average molecular weight is 392 g/mol. The number of anilines is 1. The van der Waals surface area contributed by atoms with E-state index in [9.17, 15) is 18.0 Å². The highest BCUT2D eigenvalue weighted by atomic mass is 79.9. The number of carbonyl (C=O) groups is 1. The fourth-order valence-electron chi connectivity index (χ4n) is 1.79. The van der Waals surface area contributed by atoms with Gasteiger partial charge in [0, 0.05) is 24.8 Å². The number of rotatable bonds is 5. The summed E-state index contributed by atoms with van der Waals surface area (Å²) >= 11 is 3.33. The van der Waals surface area contributed by atoms with Crippen molar-refractivity contribution >= 4 is 27.5 Å². The minimum Gasteiger partial charge on any atom is -0.406 e. The zero-order valence-corrected chi connectivity index (χ0v) is 13.6. The van der Waals surface area contributed by atoms with Gasteiger partial charge in [-0.3, -0.25) is 9.48 Å². The van der Waals surface area contributed by atoms with Crippen molar-refractivity contribution in [2.75, 3.05) is 5.32 Å². The van der Waals surface area contributed by atoms with E-state index >= 15 is 0 Å². The van der Waals surface area contributed by atoms with Crippen LogP contribution < -0.4 is 10.1 Å². The number of benzene rings is 1. The number of nitrogens with zero attached hydrogens (tertiary/aromatic N) is 2. The quantitative estimate of drug-likeness (QED) is 0.841. The SMILES string of the molecule is Cc1nn(CCC(=O)Nc2ccc(OC(F)(F)F)cc2)cc1Br. The summed E-state index contributed by atoms with van der Waals surface area (Å²) in [6, 6.07) is 4.95. The number of aromatic nitrogens is 2. The maximum absolute atomic E-state index is 12.0. The lowest BCUT2D eigenvalue weighted by Crippen LogP contribution is -2.17. The molecule has 0 aliphatic rings. The summed E-state index contributed by atoms with van der Waals surface area (Å²) in [5.41, 5.74) is 1.22. The molecule has 0 spiro atoms. The number of ether oxygens (including phenoxy) is 1. The van der Waals surface area contributed by atoms with E-state index in [0.29, 0.717) is 12.2 Å². The first-order valence-electron chi connectivity index (χ1n) is 6.58. The van der Waals surface area contributed by atoms with Gasteiger partial charge in [-0.1, -0.05) is 0 Å². The van der Waals surface area contributed by atoms with E-state index in [1.54, 1.807) is 10.9 Å². The Balaban J connectivity index is 1.85. The Hall–Kier alpha value is -2.03. The number of nitrogens with one attached hydrogen (secondary N) is 1. The van der Waals surface area contributed by atoms with Gasteiger partial charge in [0.1, 0.15) is 5.75 Å². The first-order chi connectivity index (χ1) is 10.7. The van der Waals surface area contributed by atoms with Crippen LogP contribution in [0, 0.1) is 6.92 Å². The normalized spacial score (nSPS) is 11.3. The van der Waals surface area contributed by atoms with E-state index in [-0.39, 0.29) is 18.1 Å². The summed E-state index contributed by atoms with van der Waals surface area (Å²) < 4.78 is 42.4. The van der Waals surface area contributed by atoms with Gasteiger partial charge in [0.05, 0.1) is 10.2 Å². The van der Waals surface area contributed by atoms with Crippen LogP contribution >= 0.6 is 15.9 Å². The summed E-state index contributed by atoms with van der Waals surface area (Å²) in [6.45, 7) is 2.23. The minimum atomic E-state index is -4.74. The van der Waals surface area contributed by atoms with E-state index in [0.717, 1.165) is 22.3 Å². The molecule has 2 rings (SSSR count). The van der Waals surface area contributed by atoms with E-state index < -0.39 is 6.36 Å². The molecule has 1 aromatic heterocycles. The van der Waals surface area contributed by atoms with Gasteiger partial charge in [0.15, 0.2) is 0 Å². The van der Waals surface area contributed by atoms with Crippen LogP contribution in [0.2, 0.25) is 0 Å². The number of amides is 1. The highest BCUT2D eigenvalue weighted by Gasteiger charge is 2.30. The molecule has 23 heavy (non-hydrogen) atoms. The topological polar surface area (TPSA) is 56.2 Å². The van der Waals surface area contributed by atoms with Crippen molar-refractivity contribution in [3.8, 4) is 5.75 Å². The van der Waals surface area contributed by atoms with Crippen molar-refractivity contribution in [3.63, 3.8) is 0 Å². The third-order valence-corrected chi connectivity index (χ3v) is 3.60. The monoisotopic (exact) mass is 391 g/mol. The lowest BCUT2D eigenvalue weighted by Gasteiger charge is -2.10. The first kappa shape index (κ1) is 17.3. The third kappa shape index (κ3) is 5.59. The Kier molecular flexibility index (Phi) is 5.30. The van der Waals surface area contributed by atoms with Crippen molar-refractivity contribution in [3.05, 3.63) is 40.6 Å². The standard InChI is InChI=1S/C14H13BrF3N3O2/c1-9-12(15)8-21(20-9)7-6-13(22)19-10-2-4-11(5-3-10)23-14(16,17)18/h2-5,8H,6-7H2,1H3,(H,19,22). The molecule has 1 N–H and O–H groups in total. The molecule has 0 saturated heterocycles. The smallest absolute Gasteiger partial charge is 0.406 e. The molecule has 1 heterocycles. The van der Waals surface area contributed by atoms with Crippen LogP contribution in [0.5, 0.6) is 5.75 Å². The molecule has 0 unspecified atom stereocenters. The van der Waals surface area contributed by atoms with Crippen molar-refractivity contribution in [1.82, 2.24) is 9.78 Å². The van der Waals surface area contributed by atoms with Crippen LogP contribution in [0.15, 0.2) is 34.9 Å². The second-order valence-corrected chi connectivity index (χ2v) is 5.55.